The molecule has 4 aromatic rings. The van der Waals surface area contributed by atoms with Crippen molar-refractivity contribution < 1.29 is 9.53 Å². The summed E-state index contributed by atoms with van der Waals surface area (Å²) >= 11 is 0. The number of nitrogens with zero attached hydrogens (tertiary/aromatic N) is 2. The SMILES string of the molecule is CN(Cc1nc2ccccc2[nH]1)C(=O)C1c2ccccc2Oc2ccccc21. The summed E-state index contributed by atoms with van der Waals surface area (Å²) in [4.78, 5) is 23.1. The van der Waals surface area contributed by atoms with E-state index in [9.17, 15) is 4.79 Å². The summed E-state index contributed by atoms with van der Waals surface area (Å²) in [6, 6.07) is 23.3. The number of carbonyl (C=O) groups excluding carboxylic acids is 1. The van der Waals surface area contributed by atoms with Crippen LogP contribution in [0.1, 0.15) is 22.9 Å². The van der Waals surface area contributed by atoms with Crippen molar-refractivity contribution in [1.29, 1.82) is 0 Å². The molecule has 28 heavy (non-hydrogen) atoms. The average Bonchev–Trinajstić information content (AvgIpc) is 3.13. The predicted octanol–water partition coefficient (Wildman–Crippen LogP) is 4.46. The molecule has 0 saturated heterocycles. The lowest BCUT2D eigenvalue weighted by Crippen LogP contribution is -2.33. The normalized spacial score (nSPS) is 12.9. The second-order valence-corrected chi connectivity index (χ2v) is 7.01. The molecule has 5 rings (SSSR count). The van der Waals surface area contributed by atoms with Gasteiger partial charge in [-0.25, -0.2) is 4.98 Å². The number of aromatic amines is 1. The van der Waals surface area contributed by atoms with Gasteiger partial charge in [-0.15, -0.1) is 0 Å². The number of H-pyrrole nitrogens is 1. The number of likely N-dealkylation sites (N-methyl/N-ethyl adjacent to an activating group) is 1. The first-order valence-corrected chi connectivity index (χ1v) is 9.25. The maximum atomic E-state index is 13.5. The summed E-state index contributed by atoms with van der Waals surface area (Å²) in [6.07, 6.45) is 0. The molecule has 0 atom stereocenters. The van der Waals surface area contributed by atoms with E-state index in [0.29, 0.717) is 6.54 Å². The first kappa shape index (κ1) is 16.6. The van der Waals surface area contributed by atoms with Crippen LogP contribution in [0.2, 0.25) is 0 Å². The van der Waals surface area contributed by atoms with Crippen molar-refractivity contribution in [3.05, 3.63) is 89.7 Å². The minimum absolute atomic E-state index is 0.0173. The summed E-state index contributed by atoms with van der Waals surface area (Å²) in [7, 11) is 1.82. The van der Waals surface area contributed by atoms with Crippen LogP contribution < -0.4 is 4.74 Å². The molecule has 1 amide bonds. The van der Waals surface area contributed by atoms with Gasteiger partial charge in [0.25, 0.3) is 0 Å². The quantitative estimate of drug-likeness (QED) is 0.580. The molecule has 138 valence electrons. The van der Waals surface area contributed by atoms with Gasteiger partial charge in [-0.3, -0.25) is 4.79 Å². The molecule has 2 heterocycles. The number of benzene rings is 3. The lowest BCUT2D eigenvalue weighted by molar-refractivity contribution is -0.131. The van der Waals surface area contributed by atoms with Crippen molar-refractivity contribution in [2.75, 3.05) is 7.05 Å². The maximum absolute atomic E-state index is 13.5. The number of amides is 1. The van der Waals surface area contributed by atoms with E-state index < -0.39 is 5.92 Å². The minimum Gasteiger partial charge on any atom is -0.457 e. The Morgan fingerprint density at radius 2 is 1.57 bits per heavy atom. The fourth-order valence-electron chi connectivity index (χ4n) is 3.78. The fraction of sp³-hybridized carbons (Fsp3) is 0.130. The zero-order valence-corrected chi connectivity index (χ0v) is 15.4. The van der Waals surface area contributed by atoms with Crippen molar-refractivity contribution in [2.24, 2.45) is 0 Å². The highest BCUT2D eigenvalue weighted by molar-refractivity contribution is 5.89. The van der Waals surface area contributed by atoms with Gasteiger partial charge in [0.2, 0.25) is 5.91 Å². The molecule has 0 aliphatic carbocycles. The Bertz CT molecular complexity index is 1100. The number of rotatable bonds is 3. The summed E-state index contributed by atoms with van der Waals surface area (Å²) in [5.41, 5.74) is 3.66. The summed E-state index contributed by atoms with van der Waals surface area (Å²) in [6.45, 7) is 0.412. The van der Waals surface area contributed by atoms with Crippen molar-refractivity contribution in [2.45, 2.75) is 12.5 Å². The van der Waals surface area contributed by atoms with Crippen LogP contribution in [0.15, 0.2) is 72.8 Å². The topological polar surface area (TPSA) is 58.2 Å². The highest BCUT2D eigenvalue weighted by Gasteiger charge is 2.34. The van der Waals surface area contributed by atoms with E-state index in [1.54, 1.807) is 4.90 Å². The van der Waals surface area contributed by atoms with Gasteiger partial charge in [-0.2, -0.15) is 0 Å². The second-order valence-electron chi connectivity index (χ2n) is 7.01. The van der Waals surface area contributed by atoms with Gasteiger partial charge in [0, 0.05) is 18.2 Å². The number of fused-ring (bicyclic) bond motifs is 3. The Hall–Kier alpha value is -3.60. The van der Waals surface area contributed by atoms with E-state index in [1.165, 1.54) is 0 Å². The van der Waals surface area contributed by atoms with E-state index in [0.717, 1.165) is 39.5 Å². The van der Waals surface area contributed by atoms with E-state index in [2.05, 4.69) is 9.97 Å². The van der Waals surface area contributed by atoms with Crippen LogP contribution in [-0.4, -0.2) is 27.8 Å². The minimum atomic E-state index is -0.393. The van der Waals surface area contributed by atoms with Crippen molar-refractivity contribution in [3.8, 4) is 11.5 Å². The Morgan fingerprint density at radius 3 is 2.25 bits per heavy atom. The van der Waals surface area contributed by atoms with Crippen molar-refractivity contribution in [1.82, 2.24) is 14.9 Å². The smallest absolute Gasteiger partial charge is 0.235 e. The van der Waals surface area contributed by atoms with Crippen LogP contribution in [0.4, 0.5) is 0 Å². The number of nitrogens with one attached hydrogen (secondary N) is 1. The number of para-hydroxylation sites is 4. The molecule has 0 saturated carbocycles. The van der Waals surface area contributed by atoms with Gasteiger partial charge in [0.05, 0.1) is 23.5 Å². The molecule has 0 unspecified atom stereocenters. The number of aromatic nitrogens is 2. The predicted molar refractivity (Wildman–Crippen MR) is 107 cm³/mol. The standard InChI is InChI=1S/C23H19N3O2/c1-26(14-21-24-17-10-4-5-11-18(17)25-21)23(27)22-15-8-2-6-12-19(15)28-20-13-7-3-9-16(20)22/h2-13,22H,14H2,1H3,(H,24,25). The molecule has 1 aliphatic rings. The lowest BCUT2D eigenvalue weighted by atomic mass is 9.87. The summed E-state index contributed by atoms with van der Waals surface area (Å²) < 4.78 is 6.01. The van der Waals surface area contributed by atoms with E-state index in [4.69, 9.17) is 4.74 Å². The first-order chi connectivity index (χ1) is 13.7. The number of imidazole rings is 1. The van der Waals surface area contributed by atoms with E-state index >= 15 is 0 Å². The molecule has 3 aromatic carbocycles. The van der Waals surface area contributed by atoms with Crippen LogP contribution in [0, 0.1) is 0 Å². The maximum Gasteiger partial charge on any atom is 0.235 e. The van der Waals surface area contributed by atoms with Crippen LogP contribution in [0.3, 0.4) is 0 Å². The molecule has 5 nitrogen and oxygen atoms in total. The zero-order valence-electron chi connectivity index (χ0n) is 15.4. The Balaban J connectivity index is 1.49. The number of hydrogen-bond acceptors (Lipinski definition) is 3. The number of ether oxygens (including phenoxy) is 1. The second kappa shape index (κ2) is 6.53. The monoisotopic (exact) mass is 369 g/mol. The van der Waals surface area contributed by atoms with Gasteiger partial charge < -0.3 is 14.6 Å². The van der Waals surface area contributed by atoms with Crippen LogP contribution in [-0.2, 0) is 11.3 Å². The number of hydrogen-bond donors (Lipinski definition) is 1. The Morgan fingerprint density at radius 1 is 0.964 bits per heavy atom. The molecule has 5 heteroatoms. The van der Waals surface area contributed by atoms with E-state index in [-0.39, 0.29) is 5.91 Å². The highest BCUT2D eigenvalue weighted by atomic mass is 16.5. The number of carbonyl (C=O) groups is 1. The molecule has 1 N–H and O–H groups in total. The lowest BCUT2D eigenvalue weighted by Gasteiger charge is -2.30. The molecule has 0 radical (unpaired) electrons. The van der Waals surface area contributed by atoms with Gasteiger partial charge in [-0.1, -0.05) is 48.5 Å². The molecule has 1 aromatic heterocycles. The Kier molecular flexibility index (Phi) is 3.86. The van der Waals surface area contributed by atoms with E-state index in [1.807, 2.05) is 79.8 Å². The van der Waals surface area contributed by atoms with Crippen LogP contribution >= 0.6 is 0 Å². The first-order valence-electron chi connectivity index (χ1n) is 9.25. The average molecular weight is 369 g/mol. The van der Waals surface area contributed by atoms with Gasteiger partial charge in [-0.05, 0) is 24.3 Å². The summed E-state index contributed by atoms with van der Waals surface area (Å²) in [5.74, 6) is 1.86. The molecule has 1 aliphatic heterocycles. The van der Waals surface area contributed by atoms with Crippen LogP contribution in [0.5, 0.6) is 11.5 Å². The Labute approximate surface area is 162 Å². The van der Waals surface area contributed by atoms with Gasteiger partial charge in [0.15, 0.2) is 0 Å². The molecule has 0 spiro atoms. The van der Waals surface area contributed by atoms with Gasteiger partial charge >= 0.3 is 0 Å². The van der Waals surface area contributed by atoms with Crippen molar-refractivity contribution in [3.63, 3.8) is 0 Å². The molecular formula is C23H19N3O2. The zero-order chi connectivity index (χ0) is 19.1. The fourth-order valence-corrected chi connectivity index (χ4v) is 3.78. The largest absolute Gasteiger partial charge is 0.457 e. The highest BCUT2D eigenvalue weighted by Crippen LogP contribution is 2.44. The molecular weight excluding hydrogens is 350 g/mol. The van der Waals surface area contributed by atoms with Gasteiger partial charge in [0.1, 0.15) is 17.3 Å². The third-order valence-electron chi connectivity index (χ3n) is 5.13. The van der Waals surface area contributed by atoms with Crippen molar-refractivity contribution >= 4 is 16.9 Å². The van der Waals surface area contributed by atoms with Crippen LogP contribution in [0.25, 0.3) is 11.0 Å². The third-order valence-corrected chi connectivity index (χ3v) is 5.13. The molecule has 0 fully saturated rings. The third kappa shape index (κ3) is 2.72. The molecule has 0 bridgehead atoms. The summed E-state index contributed by atoms with van der Waals surface area (Å²) in [5, 5.41) is 0.